The van der Waals surface area contributed by atoms with Gasteiger partial charge in [0.2, 0.25) is 0 Å². The molecule has 1 rings (SSSR count). The molecule has 1 heterocycles. The second-order valence-corrected chi connectivity index (χ2v) is 5.25. The van der Waals surface area contributed by atoms with Crippen LogP contribution in [0.2, 0.25) is 0 Å². The number of nitrogens with zero attached hydrogens (tertiary/aromatic N) is 1. The lowest BCUT2D eigenvalue weighted by molar-refractivity contribution is -0.0304. The zero-order chi connectivity index (χ0) is 10.1. The summed E-state index contributed by atoms with van der Waals surface area (Å²) in [5, 5.41) is 0. The van der Waals surface area contributed by atoms with E-state index in [9.17, 15) is 0 Å². The van der Waals surface area contributed by atoms with Crippen LogP contribution in [0.5, 0.6) is 0 Å². The van der Waals surface area contributed by atoms with Crippen molar-refractivity contribution in [3.8, 4) is 0 Å². The predicted octanol–water partition coefficient (Wildman–Crippen LogP) is 2.14. The summed E-state index contributed by atoms with van der Waals surface area (Å²) in [5.41, 5.74) is 0.406. The monoisotopic (exact) mass is 185 g/mol. The van der Waals surface area contributed by atoms with E-state index in [-0.39, 0.29) is 0 Å². The summed E-state index contributed by atoms with van der Waals surface area (Å²) in [6.45, 7) is 11.5. The maximum Gasteiger partial charge on any atom is 0.0703 e. The number of rotatable bonds is 2. The van der Waals surface area contributed by atoms with Crippen molar-refractivity contribution < 1.29 is 4.74 Å². The Hall–Kier alpha value is -0.0800. The average molecular weight is 185 g/mol. The highest BCUT2D eigenvalue weighted by Crippen LogP contribution is 2.30. The van der Waals surface area contributed by atoms with Gasteiger partial charge in [0.15, 0.2) is 0 Å². The lowest BCUT2D eigenvalue weighted by Gasteiger charge is -2.43. The maximum atomic E-state index is 5.47. The van der Waals surface area contributed by atoms with Crippen LogP contribution in [0.1, 0.15) is 34.1 Å². The van der Waals surface area contributed by atoms with Crippen LogP contribution >= 0.6 is 0 Å². The number of ether oxygens (including phenoxy) is 1. The summed E-state index contributed by atoms with van der Waals surface area (Å²) < 4.78 is 5.47. The second-order valence-electron chi connectivity index (χ2n) is 5.25. The minimum Gasteiger partial charge on any atom is -0.380 e. The number of hydrogen-bond donors (Lipinski definition) is 0. The molecule has 0 spiro atoms. The molecule has 0 radical (unpaired) electrons. The summed E-state index contributed by atoms with van der Waals surface area (Å²) in [4.78, 5) is 2.51. The molecule has 0 aliphatic carbocycles. The highest BCUT2D eigenvalue weighted by Gasteiger charge is 2.33. The maximum absolute atomic E-state index is 5.47. The van der Waals surface area contributed by atoms with E-state index < -0.39 is 0 Å². The van der Waals surface area contributed by atoms with E-state index in [1.54, 1.807) is 0 Å². The molecule has 78 valence electrons. The molecule has 13 heavy (non-hydrogen) atoms. The van der Waals surface area contributed by atoms with Crippen molar-refractivity contribution in [2.75, 3.05) is 20.2 Å². The Morgan fingerprint density at radius 1 is 1.38 bits per heavy atom. The lowest BCUT2D eigenvalue weighted by atomic mass is 9.82. The molecule has 0 saturated carbocycles. The minimum atomic E-state index is 0.406. The molecule has 2 heteroatoms. The van der Waals surface area contributed by atoms with E-state index in [2.05, 4.69) is 32.6 Å². The molecule has 0 aromatic carbocycles. The fourth-order valence-electron chi connectivity index (χ4n) is 2.17. The highest BCUT2D eigenvalue weighted by molar-refractivity contribution is 4.86. The van der Waals surface area contributed by atoms with Crippen LogP contribution in [-0.2, 0) is 4.74 Å². The smallest absolute Gasteiger partial charge is 0.0703 e. The first-order chi connectivity index (χ1) is 5.94. The second kappa shape index (κ2) is 3.97. The first-order valence-corrected chi connectivity index (χ1v) is 5.21. The van der Waals surface area contributed by atoms with E-state index in [1.807, 2.05) is 7.11 Å². The molecule has 2 nitrogen and oxygen atoms in total. The van der Waals surface area contributed by atoms with Crippen molar-refractivity contribution in [3.05, 3.63) is 0 Å². The third-order valence-corrected chi connectivity index (χ3v) is 2.91. The molecule has 0 aromatic heterocycles. The highest BCUT2D eigenvalue weighted by atomic mass is 16.5. The predicted molar refractivity (Wildman–Crippen MR) is 55.9 cm³/mol. The third kappa shape index (κ3) is 2.96. The van der Waals surface area contributed by atoms with Gasteiger partial charge >= 0.3 is 0 Å². The average Bonchev–Trinajstić information content (AvgIpc) is 2.01. The van der Waals surface area contributed by atoms with Gasteiger partial charge in [0.1, 0.15) is 0 Å². The Bertz CT molecular complexity index is 165. The lowest BCUT2D eigenvalue weighted by Crippen LogP contribution is -2.50. The molecule has 0 amide bonds. The number of likely N-dealkylation sites (tertiary alicyclic amines) is 1. The SMILES string of the molecule is COC1CN(C(C)C)CC(C)(C)C1. The molecule has 1 unspecified atom stereocenters. The zero-order valence-electron chi connectivity index (χ0n) is 9.63. The molecule has 0 aromatic rings. The normalized spacial score (nSPS) is 29.5. The topological polar surface area (TPSA) is 12.5 Å². The van der Waals surface area contributed by atoms with Gasteiger partial charge in [-0.3, -0.25) is 4.90 Å². The van der Waals surface area contributed by atoms with Crippen LogP contribution in [0.25, 0.3) is 0 Å². The van der Waals surface area contributed by atoms with Gasteiger partial charge in [-0.2, -0.15) is 0 Å². The van der Waals surface area contributed by atoms with Gasteiger partial charge < -0.3 is 4.74 Å². The van der Waals surface area contributed by atoms with Crippen LogP contribution < -0.4 is 0 Å². The number of hydrogen-bond acceptors (Lipinski definition) is 2. The molecule has 1 fully saturated rings. The van der Waals surface area contributed by atoms with E-state index >= 15 is 0 Å². The largest absolute Gasteiger partial charge is 0.380 e. The van der Waals surface area contributed by atoms with Crippen molar-refractivity contribution in [1.82, 2.24) is 4.90 Å². The number of methoxy groups -OCH3 is 1. The molecule has 0 N–H and O–H groups in total. The summed E-state index contributed by atoms with van der Waals surface area (Å²) in [6.07, 6.45) is 1.61. The summed E-state index contributed by atoms with van der Waals surface area (Å²) >= 11 is 0. The Labute approximate surface area is 82.3 Å². The summed E-state index contributed by atoms with van der Waals surface area (Å²) in [7, 11) is 1.82. The van der Waals surface area contributed by atoms with Gasteiger partial charge in [-0.25, -0.2) is 0 Å². The van der Waals surface area contributed by atoms with E-state index in [0.29, 0.717) is 17.6 Å². The molecule has 1 atom stereocenters. The summed E-state index contributed by atoms with van der Waals surface area (Å²) in [6, 6.07) is 0.636. The van der Waals surface area contributed by atoms with Crippen molar-refractivity contribution in [2.45, 2.75) is 46.3 Å². The van der Waals surface area contributed by atoms with Crippen molar-refractivity contribution in [2.24, 2.45) is 5.41 Å². The molecule has 1 aliphatic heterocycles. The fourth-order valence-corrected chi connectivity index (χ4v) is 2.17. The quantitative estimate of drug-likeness (QED) is 0.653. The van der Waals surface area contributed by atoms with E-state index in [4.69, 9.17) is 4.74 Å². The molecule has 0 bridgehead atoms. The number of piperidine rings is 1. The third-order valence-electron chi connectivity index (χ3n) is 2.91. The van der Waals surface area contributed by atoms with Gasteiger partial charge in [0, 0.05) is 26.2 Å². The van der Waals surface area contributed by atoms with Crippen LogP contribution in [0.3, 0.4) is 0 Å². The molecule has 1 aliphatic rings. The molecular formula is C11H23NO. The minimum absolute atomic E-state index is 0.406. The van der Waals surface area contributed by atoms with Gasteiger partial charge in [-0.1, -0.05) is 13.8 Å². The van der Waals surface area contributed by atoms with Gasteiger partial charge in [-0.05, 0) is 25.7 Å². The Morgan fingerprint density at radius 3 is 2.46 bits per heavy atom. The van der Waals surface area contributed by atoms with Crippen LogP contribution in [0, 0.1) is 5.41 Å². The van der Waals surface area contributed by atoms with Crippen molar-refractivity contribution in [1.29, 1.82) is 0 Å². The van der Waals surface area contributed by atoms with Crippen molar-refractivity contribution >= 4 is 0 Å². The van der Waals surface area contributed by atoms with Crippen LogP contribution in [0.4, 0.5) is 0 Å². The van der Waals surface area contributed by atoms with E-state index in [1.165, 1.54) is 13.0 Å². The Balaban J connectivity index is 2.60. The Kier molecular flexibility index (Phi) is 3.36. The van der Waals surface area contributed by atoms with Crippen molar-refractivity contribution in [3.63, 3.8) is 0 Å². The molecular weight excluding hydrogens is 162 g/mol. The van der Waals surface area contributed by atoms with E-state index in [0.717, 1.165) is 6.54 Å². The first kappa shape index (κ1) is 11.0. The standard InChI is InChI=1S/C11H23NO/c1-9(2)12-7-10(13-5)6-11(3,4)8-12/h9-10H,6-8H2,1-5H3. The zero-order valence-corrected chi connectivity index (χ0v) is 9.63. The molecule has 1 saturated heterocycles. The van der Waals surface area contributed by atoms with Crippen LogP contribution in [-0.4, -0.2) is 37.2 Å². The summed E-state index contributed by atoms with van der Waals surface area (Å²) in [5.74, 6) is 0. The van der Waals surface area contributed by atoms with Gasteiger partial charge in [0.05, 0.1) is 6.10 Å². The van der Waals surface area contributed by atoms with Gasteiger partial charge in [-0.15, -0.1) is 0 Å². The first-order valence-electron chi connectivity index (χ1n) is 5.21. The van der Waals surface area contributed by atoms with Gasteiger partial charge in [0.25, 0.3) is 0 Å². The van der Waals surface area contributed by atoms with Crippen LogP contribution in [0.15, 0.2) is 0 Å². The Morgan fingerprint density at radius 2 is 2.00 bits per heavy atom. The fraction of sp³-hybridized carbons (Fsp3) is 1.00.